The minimum absolute atomic E-state index is 0.170. The largest absolute Gasteiger partial charge is 0.307 e. The summed E-state index contributed by atoms with van der Waals surface area (Å²) < 4.78 is 27.0. The van der Waals surface area contributed by atoms with Crippen LogP contribution in [0.5, 0.6) is 0 Å². The molecule has 0 radical (unpaired) electrons. The third kappa shape index (κ3) is 4.11. The Morgan fingerprint density at radius 2 is 1.76 bits per heavy atom. The first-order valence-corrected chi connectivity index (χ1v) is 7.23. The van der Waals surface area contributed by atoms with Gasteiger partial charge in [-0.15, -0.1) is 0 Å². The van der Waals surface area contributed by atoms with Crippen LogP contribution in [0.25, 0.3) is 0 Å². The fraction of sp³-hybridized carbons (Fsp3) is 0.333. The Kier molecular flexibility index (Phi) is 5.07. The van der Waals surface area contributed by atoms with Gasteiger partial charge < -0.3 is 5.32 Å². The highest BCUT2D eigenvalue weighted by molar-refractivity contribution is 5.26. The van der Waals surface area contributed by atoms with E-state index in [2.05, 4.69) is 31.3 Å². The summed E-state index contributed by atoms with van der Waals surface area (Å²) in [5.41, 5.74) is 2.88. The SMILES string of the molecule is Cc1ccccc1CC(C)NC(C)c1cc(F)ccc1F. The Morgan fingerprint density at radius 1 is 1.05 bits per heavy atom. The summed E-state index contributed by atoms with van der Waals surface area (Å²) in [6.07, 6.45) is 0.855. The minimum Gasteiger partial charge on any atom is -0.307 e. The fourth-order valence-corrected chi connectivity index (χ4v) is 2.59. The molecule has 0 aliphatic heterocycles. The van der Waals surface area contributed by atoms with Crippen LogP contribution in [-0.2, 0) is 6.42 Å². The van der Waals surface area contributed by atoms with Crippen molar-refractivity contribution in [2.24, 2.45) is 0 Å². The fourth-order valence-electron chi connectivity index (χ4n) is 2.59. The maximum atomic E-state index is 13.8. The van der Waals surface area contributed by atoms with Gasteiger partial charge in [0.1, 0.15) is 11.6 Å². The van der Waals surface area contributed by atoms with Crippen molar-refractivity contribution in [3.8, 4) is 0 Å². The molecule has 1 nitrogen and oxygen atoms in total. The second kappa shape index (κ2) is 6.81. The molecular formula is C18H21F2N. The van der Waals surface area contributed by atoms with Crippen LogP contribution in [-0.4, -0.2) is 6.04 Å². The number of rotatable bonds is 5. The van der Waals surface area contributed by atoms with Gasteiger partial charge in [-0.2, -0.15) is 0 Å². The number of benzene rings is 2. The van der Waals surface area contributed by atoms with Gasteiger partial charge in [0.25, 0.3) is 0 Å². The summed E-state index contributed by atoms with van der Waals surface area (Å²) in [7, 11) is 0. The highest BCUT2D eigenvalue weighted by Crippen LogP contribution is 2.19. The lowest BCUT2D eigenvalue weighted by Crippen LogP contribution is -2.31. The molecule has 2 aromatic carbocycles. The highest BCUT2D eigenvalue weighted by Gasteiger charge is 2.15. The number of halogens is 2. The second-order valence-electron chi connectivity index (χ2n) is 5.59. The van der Waals surface area contributed by atoms with Crippen LogP contribution in [0.2, 0.25) is 0 Å². The van der Waals surface area contributed by atoms with Crippen molar-refractivity contribution < 1.29 is 8.78 Å². The Bertz CT molecular complexity index is 610. The van der Waals surface area contributed by atoms with Crippen molar-refractivity contribution in [1.82, 2.24) is 5.32 Å². The molecule has 0 aromatic heterocycles. The molecule has 0 saturated heterocycles. The van der Waals surface area contributed by atoms with Gasteiger partial charge in [-0.05, 0) is 56.5 Å². The molecule has 0 fully saturated rings. The molecule has 1 N–H and O–H groups in total. The molecule has 3 heteroatoms. The van der Waals surface area contributed by atoms with Crippen molar-refractivity contribution in [2.75, 3.05) is 0 Å². The topological polar surface area (TPSA) is 12.0 Å². The van der Waals surface area contributed by atoms with E-state index in [1.807, 2.05) is 19.1 Å². The van der Waals surface area contributed by atoms with Gasteiger partial charge >= 0.3 is 0 Å². The molecule has 0 heterocycles. The Balaban J connectivity index is 2.04. The molecule has 2 atom stereocenters. The Morgan fingerprint density at radius 3 is 2.48 bits per heavy atom. The van der Waals surface area contributed by atoms with E-state index >= 15 is 0 Å². The number of hydrogen-bond acceptors (Lipinski definition) is 1. The molecular weight excluding hydrogens is 268 g/mol. The van der Waals surface area contributed by atoms with E-state index in [-0.39, 0.29) is 17.9 Å². The van der Waals surface area contributed by atoms with E-state index in [0.717, 1.165) is 12.5 Å². The molecule has 0 aliphatic rings. The standard InChI is InChI=1S/C18H21F2N/c1-12-6-4-5-7-15(12)10-13(2)21-14(3)17-11-16(19)8-9-18(17)20/h4-9,11,13-14,21H,10H2,1-3H3. The van der Waals surface area contributed by atoms with Crippen molar-refractivity contribution >= 4 is 0 Å². The van der Waals surface area contributed by atoms with Gasteiger partial charge in [-0.25, -0.2) is 8.78 Å². The summed E-state index contributed by atoms with van der Waals surface area (Å²) >= 11 is 0. The van der Waals surface area contributed by atoms with Gasteiger partial charge in [0, 0.05) is 17.6 Å². The van der Waals surface area contributed by atoms with Crippen LogP contribution >= 0.6 is 0 Å². The predicted octanol–water partition coefficient (Wildman–Crippen LogP) is 4.56. The van der Waals surface area contributed by atoms with E-state index in [9.17, 15) is 8.78 Å². The van der Waals surface area contributed by atoms with Crippen molar-refractivity contribution in [1.29, 1.82) is 0 Å². The number of hydrogen-bond donors (Lipinski definition) is 1. The highest BCUT2D eigenvalue weighted by atomic mass is 19.1. The number of nitrogens with one attached hydrogen (secondary N) is 1. The van der Waals surface area contributed by atoms with Crippen molar-refractivity contribution in [2.45, 2.75) is 39.3 Å². The van der Waals surface area contributed by atoms with Crippen LogP contribution < -0.4 is 5.32 Å². The molecule has 21 heavy (non-hydrogen) atoms. The smallest absolute Gasteiger partial charge is 0.128 e. The normalized spacial score (nSPS) is 14.0. The van der Waals surface area contributed by atoms with Crippen LogP contribution in [0, 0.1) is 18.6 Å². The zero-order valence-corrected chi connectivity index (χ0v) is 12.7. The van der Waals surface area contributed by atoms with Crippen LogP contribution in [0.3, 0.4) is 0 Å². The summed E-state index contributed by atoms with van der Waals surface area (Å²) in [6, 6.07) is 11.7. The van der Waals surface area contributed by atoms with Crippen molar-refractivity contribution in [3.05, 3.63) is 70.8 Å². The first-order chi connectivity index (χ1) is 9.97. The average molecular weight is 289 g/mol. The summed E-state index contributed by atoms with van der Waals surface area (Å²) in [5.74, 6) is -0.786. The van der Waals surface area contributed by atoms with Gasteiger partial charge in [-0.3, -0.25) is 0 Å². The zero-order chi connectivity index (χ0) is 15.4. The molecule has 2 unspecified atom stereocenters. The van der Waals surface area contributed by atoms with Gasteiger partial charge in [0.05, 0.1) is 0 Å². The first-order valence-electron chi connectivity index (χ1n) is 7.23. The van der Waals surface area contributed by atoms with Crippen LogP contribution in [0.4, 0.5) is 8.78 Å². The molecule has 0 aliphatic carbocycles. The lowest BCUT2D eigenvalue weighted by atomic mass is 10.0. The van der Waals surface area contributed by atoms with Crippen LogP contribution in [0.1, 0.15) is 36.6 Å². The van der Waals surface area contributed by atoms with E-state index in [1.54, 1.807) is 0 Å². The predicted molar refractivity (Wildman–Crippen MR) is 82.3 cm³/mol. The lowest BCUT2D eigenvalue weighted by Gasteiger charge is -2.21. The molecule has 2 rings (SSSR count). The third-order valence-corrected chi connectivity index (χ3v) is 3.75. The Labute approximate surface area is 125 Å². The van der Waals surface area contributed by atoms with Gasteiger partial charge in [-0.1, -0.05) is 24.3 Å². The quantitative estimate of drug-likeness (QED) is 0.851. The first kappa shape index (κ1) is 15.6. The minimum atomic E-state index is -0.411. The molecule has 0 spiro atoms. The van der Waals surface area contributed by atoms with E-state index in [4.69, 9.17) is 0 Å². The summed E-state index contributed by atoms with van der Waals surface area (Å²) in [6.45, 7) is 5.99. The summed E-state index contributed by atoms with van der Waals surface area (Å²) in [5, 5.41) is 3.33. The monoisotopic (exact) mass is 289 g/mol. The summed E-state index contributed by atoms with van der Waals surface area (Å²) in [4.78, 5) is 0. The molecule has 2 aromatic rings. The van der Waals surface area contributed by atoms with E-state index in [0.29, 0.717) is 5.56 Å². The van der Waals surface area contributed by atoms with Gasteiger partial charge in [0.15, 0.2) is 0 Å². The molecule has 0 amide bonds. The third-order valence-electron chi connectivity index (χ3n) is 3.75. The Hall–Kier alpha value is -1.74. The molecule has 0 saturated carbocycles. The maximum absolute atomic E-state index is 13.8. The maximum Gasteiger partial charge on any atom is 0.128 e. The average Bonchev–Trinajstić information content (AvgIpc) is 2.44. The van der Waals surface area contributed by atoms with Crippen molar-refractivity contribution in [3.63, 3.8) is 0 Å². The zero-order valence-electron chi connectivity index (χ0n) is 12.7. The van der Waals surface area contributed by atoms with Gasteiger partial charge in [0.2, 0.25) is 0 Å². The van der Waals surface area contributed by atoms with Crippen LogP contribution in [0.15, 0.2) is 42.5 Å². The second-order valence-corrected chi connectivity index (χ2v) is 5.59. The molecule has 0 bridgehead atoms. The molecule has 112 valence electrons. The number of aryl methyl sites for hydroxylation is 1. The van der Waals surface area contributed by atoms with E-state index < -0.39 is 5.82 Å². The van der Waals surface area contributed by atoms with E-state index in [1.165, 1.54) is 23.3 Å². The lowest BCUT2D eigenvalue weighted by molar-refractivity contribution is 0.457.